The number of aryl methyl sites for hydroxylation is 1. The van der Waals surface area contributed by atoms with E-state index in [1.165, 1.54) is 22.5 Å². The van der Waals surface area contributed by atoms with Crippen LogP contribution in [0.15, 0.2) is 24.4 Å². The van der Waals surface area contributed by atoms with Gasteiger partial charge in [-0.1, -0.05) is 18.2 Å². The molecule has 0 spiro atoms. The van der Waals surface area contributed by atoms with E-state index in [2.05, 4.69) is 33.8 Å². The van der Waals surface area contributed by atoms with Crippen LogP contribution in [0.1, 0.15) is 31.4 Å². The molecule has 0 atom stereocenters. The lowest BCUT2D eigenvalue weighted by molar-refractivity contribution is 0.0955. The monoisotopic (exact) mass is 273 g/mol. The standard InChI is InChI=1S/C14H15N3OS/c1-9-16-8-13(19-9)14(18)17-5-10-2-3-11-6-15-7-12(11)4-10/h2-4,8,15H,5-7H2,1H3,(H,17,18). The molecule has 2 heterocycles. The summed E-state index contributed by atoms with van der Waals surface area (Å²) < 4.78 is 0. The topological polar surface area (TPSA) is 54.0 Å². The Morgan fingerprint density at radius 2 is 2.26 bits per heavy atom. The van der Waals surface area contributed by atoms with Gasteiger partial charge in [0.15, 0.2) is 0 Å². The Kier molecular flexibility index (Phi) is 3.31. The molecular formula is C14H15N3OS. The van der Waals surface area contributed by atoms with Gasteiger partial charge in [-0.2, -0.15) is 0 Å². The first-order valence-electron chi connectivity index (χ1n) is 6.24. The van der Waals surface area contributed by atoms with Gasteiger partial charge >= 0.3 is 0 Å². The van der Waals surface area contributed by atoms with Gasteiger partial charge in [-0.05, 0) is 23.6 Å². The molecule has 1 aromatic carbocycles. The molecule has 0 radical (unpaired) electrons. The third-order valence-corrected chi connectivity index (χ3v) is 4.11. The molecule has 0 unspecified atom stereocenters. The maximum absolute atomic E-state index is 11.9. The summed E-state index contributed by atoms with van der Waals surface area (Å²) in [4.78, 5) is 16.7. The molecule has 0 saturated carbocycles. The molecule has 0 bridgehead atoms. The van der Waals surface area contributed by atoms with Gasteiger partial charge in [0.25, 0.3) is 5.91 Å². The number of aromatic nitrogens is 1. The van der Waals surface area contributed by atoms with Crippen LogP contribution in [0.5, 0.6) is 0 Å². The number of carbonyl (C=O) groups is 1. The predicted molar refractivity (Wildman–Crippen MR) is 75.0 cm³/mol. The average Bonchev–Trinajstić information content (AvgIpc) is 3.03. The minimum atomic E-state index is -0.0516. The maximum atomic E-state index is 11.9. The van der Waals surface area contributed by atoms with Crippen molar-refractivity contribution in [2.45, 2.75) is 26.6 Å². The number of nitrogens with one attached hydrogen (secondary N) is 2. The number of rotatable bonds is 3. The lowest BCUT2D eigenvalue weighted by atomic mass is 10.1. The molecule has 1 amide bonds. The Bertz CT molecular complexity index is 621. The number of fused-ring (bicyclic) bond motifs is 1. The van der Waals surface area contributed by atoms with Crippen LogP contribution in [-0.2, 0) is 19.6 Å². The number of hydrogen-bond acceptors (Lipinski definition) is 4. The van der Waals surface area contributed by atoms with Gasteiger partial charge < -0.3 is 10.6 Å². The van der Waals surface area contributed by atoms with Gasteiger partial charge in [-0.15, -0.1) is 11.3 Å². The first-order valence-corrected chi connectivity index (χ1v) is 7.06. The highest BCUT2D eigenvalue weighted by Gasteiger charge is 2.11. The highest BCUT2D eigenvalue weighted by atomic mass is 32.1. The van der Waals surface area contributed by atoms with Crippen molar-refractivity contribution < 1.29 is 4.79 Å². The molecule has 1 aliphatic heterocycles. The van der Waals surface area contributed by atoms with Gasteiger partial charge in [0.05, 0.1) is 11.2 Å². The largest absolute Gasteiger partial charge is 0.347 e. The van der Waals surface area contributed by atoms with Crippen molar-refractivity contribution in [3.8, 4) is 0 Å². The second-order valence-electron chi connectivity index (χ2n) is 4.63. The fraction of sp³-hybridized carbons (Fsp3) is 0.286. The van der Waals surface area contributed by atoms with E-state index in [9.17, 15) is 4.79 Å². The number of thiazole rings is 1. The van der Waals surface area contributed by atoms with Gasteiger partial charge in [0.2, 0.25) is 0 Å². The molecule has 0 saturated heterocycles. The predicted octanol–water partition coefficient (Wildman–Crippen LogP) is 1.98. The lowest BCUT2D eigenvalue weighted by Gasteiger charge is -2.05. The van der Waals surface area contributed by atoms with Crippen molar-refractivity contribution >= 4 is 17.2 Å². The number of nitrogens with zero attached hydrogens (tertiary/aromatic N) is 1. The number of carbonyl (C=O) groups excluding carboxylic acids is 1. The number of hydrogen-bond donors (Lipinski definition) is 2. The Hall–Kier alpha value is -1.72. The van der Waals surface area contributed by atoms with Gasteiger partial charge in [0, 0.05) is 19.6 Å². The lowest BCUT2D eigenvalue weighted by Crippen LogP contribution is -2.21. The van der Waals surface area contributed by atoms with Crippen LogP contribution in [0.25, 0.3) is 0 Å². The molecule has 3 rings (SSSR count). The Morgan fingerprint density at radius 3 is 3.05 bits per heavy atom. The van der Waals surface area contributed by atoms with E-state index in [4.69, 9.17) is 0 Å². The van der Waals surface area contributed by atoms with Gasteiger partial charge in [-0.25, -0.2) is 4.98 Å². The summed E-state index contributed by atoms with van der Waals surface area (Å²) >= 11 is 1.42. The van der Waals surface area contributed by atoms with Crippen LogP contribution in [-0.4, -0.2) is 10.9 Å². The van der Waals surface area contributed by atoms with E-state index in [0.29, 0.717) is 11.4 Å². The van der Waals surface area contributed by atoms with Crippen molar-refractivity contribution in [1.82, 2.24) is 15.6 Å². The van der Waals surface area contributed by atoms with Crippen LogP contribution in [0, 0.1) is 6.92 Å². The molecule has 0 fully saturated rings. The van der Waals surface area contributed by atoms with Crippen molar-refractivity contribution in [3.05, 3.63) is 51.0 Å². The van der Waals surface area contributed by atoms with Crippen LogP contribution < -0.4 is 10.6 Å². The Labute approximate surface area is 115 Å². The third-order valence-electron chi connectivity index (χ3n) is 3.20. The second-order valence-corrected chi connectivity index (χ2v) is 5.87. The molecule has 2 aromatic rings. The average molecular weight is 273 g/mol. The molecule has 2 N–H and O–H groups in total. The summed E-state index contributed by atoms with van der Waals surface area (Å²) in [5, 5.41) is 7.16. The summed E-state index contributed by atoms with van der Waals surface area (Å²) in [7, 11) is 0. The fourth-order valence-corrected chi connectivity index (χ4v) is 2.89. The number of benzene rings is 1. The van der Waals surface area contributed by atoms with Crippen molar-refractivity contribution in [2.75, 3.05) is 0 Å². The Balaban J connectivity index is 1.64. The van der Waals surface area contributed by atoms with E-state index in [1.54, 1.807) is 6.20 Å². The van der Waals surface area contributed by atoms with Gasteiger partial charge in [0.1, 0.15) is 4.88 Å². The summed E-state index contributed by atoms with van der Waals surface area (Å²) in [6, 6.07) is 6.37. The second kappa shape index (κ2) is 5.11. The van der Waals surface area contributed by atoms with E-state index >= 15 is 0 Å². The van der Waals surface area contributed by atoms with Gasteiger partial charge in [-0.3, -0.25) is 4.79 Å². The van der Waals surface area contributed by atoms with Crippen LogP contribution >= 0.6 is 11.3 Å². The van der Waals surface area contributed by atoms with Crippen LogP contribution in [0.4, 0.5) is 0 Å². The molecular weight excluding hydrogens is 258 g/mol. The zero-order chi connectivity index (χ0) is 13.2. The molecule has 5 heteroatoms. The summed E-state index contributed by atoms with van der Waals surface area (Å²) in [6.07, 6.45) is 1.63. The Morgan fingerprint density at radius 1 is 1.42 bits per heavy atom. The minimum absolute atomic E-state index is 0.0516. The zero-order valence-electron chi connectivity index (χ0n) is 10.7. The van der Waals surface area contributed by atoms with E-state index in [-0.39, 0.29) is 5.91 Å². The van der Waals surface area contributed by atoms with E-state index in [0.717, 1.165) is 23.7 Å². The highest BCUT2D eigenvalue weighted by Crippen LogP contribution is 2.17. The number of amides is 1. The fourth-order valence-electron chi connectivity index (χ4n) is 2.19. The molecule has 1 aliphatic rings. The molecule has 4 nitrogen and oxygen atoms in total. The van der Waals surface area contributed by atoms with Crippen molar-refractivity contribution in [3.63, 3.8) is 0 Å². The van der Waals surface area contributed by atoms with Crippen molar-refractivity contribution in [2.24, 2.45) is 0 Å². The van der Waals surface area contributed by atoms with Crippen LogP contribution in [0.2, 0.25) is 0 Å². The van der Waals surface area contributed by atoms with E-state index < -0.39 is 0 Å². The SMILES string of the molecule is Cc1ncc(C(=O)NCc2ccc3c(c2)CNC3)s1. The highest BCUT2D eigenvalue weighted by molar-refractivity contribution is 7.13. The van der Waals surface area contributed by atoms with Crippen molar-refractivity contribution in [1.29, 1.82) is 0 Å². The van der Waals surface area contributed by atoms with Crippen LogP contribution in [0.3, 0.4) is 0 Å². The third kappa shape index (κ3) is 2.67. The molecule has 1 aromatic heterocycles. The normalized spacial score (nSPS) is 13.3. The summed E-state index contributed by atoms with van der Waals surface area (Å²) in [5.74, 6) is -0.0516. The summed E-state index contributed by atoms with van der Waals surface area (Å²) in [6.45, 7) is 4.32. The smallest absolute Gasteiger partial charge is 0.263 e. The first kappa shape index (κ1) is 12.3. The molecule has 19 heavy (non-hydrogen) atoms. The molecule has 98 valence electrons. The quantitative estimate of drug-likeness (QED) is 0.899. The maximum Gasteiger partial charge on any atom is 0.263 e. The summed E-state index contributed by atoms with van der Waals surface area (Å²) in [5.41, 5.74) is 3.82. The zero-order valence-corrected chi connectivity index (χ0v) is 11.5. The molecule has 0 aliphatic carbocycles. The minimum Gasteiger partial charge on any atom is -0.347 e. The first-order chi connectivity index (χ1) is 9.22. The van der Waals surface area contributed by atoms with E-state index in [1.807, 2.05) is 6.92 Å².